The van der Waals surface area contributed by atoms with Gasteiger partial charge in [-0.05, 0) is 19.1 Å². The van der Waals surface area contributed by atoms with E-state index >= 15 is 0 Å². The molecule has 2 aromatic rings. The van der Waals surface area contributed by atoms with E-state index in [1.54, 1.807) is 26.0 Å². The summed E-state index contributed by atoms with van der Waals surface area (Å²) in [6, 6.07) is 15.9. The lowest BCUT2D eigenvalue weighted by atomic mass is 10.1. The number of anilines is 1. The lowest BCUT2D eigenvalue weighted by molar-refractivity contribution is -0.150. The molecule has 0 aliphatic carbocycles. The molecule has 3 aliphatic rings. The van der Waals surface area contributed by atoms with Gasteiger partial charge >= 0.3 is 12.0 Å². The van der Waals surface area contributed by atoms with E-state index in [1.165, 1.54) is 4.90 Å². The van der Waals surface area contributed by atoms with Crippen molar-refractivity contribution in [2.45, 2.75) is 19.1 Å². The van der Waals surface area contributed by atoms with Gasteiger partial charge in [0.1, 0.15) is 12.3 Å². The van der Waals surface area contributed by atoms with Gasteiger partial charge in [0.05, 0.1) is 25.1 Å². The van der Waals surface area contributed by atoms with Crippen molar-refractivity contribution >= 4 is 35.3 Å². The Morgan fingerprint density at radius 3 is 2.57 bits per heavy atom. The molecule has 2 unspecified atom stereocenters. The van der Waals surface area contributed by atoms with E-state index in [0.29, 0.717) is 11.7 Å². The van der Waals surface area contributed by atoms with Crippen LogP contribution in [0.1, 0.15) is 12.5 Å². The second-order valence-electron chi connectivity index (χ2n) is 8.23. The van der Waals surface area contributed by atoms with Gasteiger partial charge in [-0.25, -0.2) is 9.79 Å². The number of aliphatic imine (C=N–C) groups is 1. The van der Waals surface area contributed by atoms with Crippen molar-refractivity contribution < 1.29 is 23.9 Å². The third kappa shape index (κ3) is 3.67. The Morgan fingerprint density at radius 1 is 1.09 bits per heavy atom. The average Bonchev–Trinajstić information content (AvgIpc) is 3.42. The molecule has 1 saturated heterocycles. The third-order valence-electron chi connectivity index (χ3n) is 6.19. The molecule has 10 heteroatoms. The highest BCUT2D eigenvalue weighted by molar-refractivity contribution is 6.16. The van der Waals surface area contributed by atoms with Gasteiger partial charge in [-0.2, -0.15) is 0 Å². The number of likely N-dealkylation sites (N-methyl/N-ethyl adjacent to an activating group) is 1. The van der Waals surface area contributed by atoms with Gasteiger partial charge in [-0.3, -0.25) is 24.3 Å². The Labute approximate surface area is 202 Å². The van der Waals surface area contributed by atoms with Crippen LogP contribution in [0.25, 0.3) is 5.70 Å². The van der Waals surface area contributed by atoms with Crippen LogP contribution in [0.2, 0.25) is 0 Å². The summed E-state index contributed by atoms with van der Waals surface area (Å²) in [7, 11) is 3.18. The SMILES string of the molecule is CCOC(=O)CN1C(=O)C2C(N=C3N(c4cccc(OC)c4)C(c4ccccc4)=CN32)N(C)C1=O. The summed E-state index contributed by atoms with van der Waals surface area (Å²) in [5, 5.41) is 0. The maximum absolute atomic E-state index is 13.5. The largest absolute Gasteiger partial charge is 0.497 e. The van der Waals surface area contributed by atoms with Crippen LogP contribution in [-0.4, -0.2) is 78.1 Å². The van der Waals surface area contributed by atoms with Crippen LogP contribution in [0.5, 0.6) is 5.75 Å². The molecule has 0 spiro atoms. The van der Waals surface area contributed by atoms with Crippen molar-refractivity contribution in [1.29, 1.82) is 0 Å². The molecular weight excluding hydrogens is 450 g/mol. The number of rotatable bonds is 6. The second-order valence-corrected chi connectivity index (χ2v) is 8.23. The monoisotopic (exact) mass is 475 g/mol. The lowest BCUT2D eigenvalue weighted by Crippen LogP contribution is -2.65. The number of benzene rings is 2. The fourth-order valence-electron chi connectivity index (χ4n) is 4.53. The fourth-order valence-corrected chi connectivity index (χ4v) is 4.53. The highest BCUT2D eigenvalue weighted by atomic mass is 16.5. The molecule has 3 heterocycles. The van der Waals surface area contributed by atoms with Crippen molar-refractivity contribution in [3.05, 3.63) is 66.4 Å². The molecule has 0 aromatic heterocycles. The minimum absolute atomic E-state index is 0.162. The Kier molecular flexibility index (Phi) is 5.64. The van der Waals surface area contributed by atoms with E-state index in [4.69, 9.17) is 14.5 Å². The van der Waals surface area contributed by atoms with E-state index in [2.05, 4.69) is 0 Å². The van der Waals surface area contributed by atoms with Gasteiger partial charge in [0, 0.05) is 24.9 Å². The number of carbonyl (C=O) groups excluding carboxylic acids is 3. The Hall–Kier alpha value is -4.34. The number of carbonyl (C=O) groups is 3. The quantitative estimate of drug-likeness (QED) is 0.592. The molecule has 2 aromatic carbocycles. The van der Waals surface area contributed by atoms with E-state index in [-0.39, 0.29) is 6.61 Å². The first kappa shape index (κ1) is 22.5. The first-order valence-electron chi connectivity index (χ1n) is 11.3. The Balaban J connectivity index is 1.57. The summed E-state index contributed by atoms with van der Waals surface area (Å²) in [4.78, 5) is 49.4. The third-order valence-corrected chi connectivity index (χ3v) is 6.19. The summed E-state index contributed by atoms with van der Waals surface area (Å²) in [5.41, 5.74) is 2.55. The zero-order valence-corrected chi connectivity index (χ0v) is 19.6. The number of imide groups is 1. The predicted molar refractivity (Wildman–Crippen MR) is 128 cm³/mol. The topological polar surface area (TPSA) is 95.0 Å². The molecule has 0 radical (unpaired) electrons. The molecule has 5 rings (SSSR count). The van der Waals surface area contributed by atoms with Gasteiger partial charge < -0.3 is 14.4 Å². The smallest absolute Gasteiger partial charge is 0.328 e. The number of urea groups is 1. The van der Waals surface area contributed by atoms with Crippen LogP contribution in [0.15, 0.2) is 65.8 Å². The Morgan fingerprint density at radius 2 is 1.86 bits per heavy atom. The first-order chi connectivity index (χ1) is 16.9. The zero-order chi connectivity index (χ0) is 24.7. The van der Waals surface area contributed by atoms with Crippen molar-refractivity contribution in [3.8, 4) is 5.75 Å². The predicted octanol–water partition coefficient (Wildman–Crippen LogP) is 2.34. The highest BCUT2D eigenvalue weighted by Crippen LogP contribution is 2.40. The Bertz CT molecular complexity index is 1240. The summed E-state index contributed by atoms with van der Waals surface area (Å²) in [6.07, 6.45) is 1.13. The van der Waals surface area contributed by atoms with E-state index in [9.17, 15) is 14.4 Å². The average molecular weight is 476 g/mol. The number of hydrogen-bond acceptors (Lipinski definition) is 8. The molecule has 10 nitrogen and oxygen atoms in total. The molecule has 2 atom stereocenters. The van der Waals surface area contributed by atoms with Crippen LogP contribution in [0, 0.1) is 0 Å². The molecule has 0 saturated carbocycles. The van der Waals surface area contributed by atoms with Crippen molar-refractivity contribution in [2.24, 2.45) is 4.99 Å². The summed E-state index contributed by atoms with van der Waals surface area (Å²) < 4.78 is 10.4. The second kappa shape index (κ2) is 8.79. The standard InChI is InChI=1S/C25H25N5O5/c1-4-35-20(31)15-29-23(32)21-22(27(2)25(29)33)26-24-28(21)14-19(16-9-6-5-7-10-16)30(24)17-11-8-12-18(13-17)34-3/h5-14,21-22H,4,15H2,1-3H3. The van der Waals surface area contributed by atoms with Crippen molar-refractivity contribution in [3.63, 3.8) is 0 Å². The molecular formula is C25H25N5O5. The van der Waals surface area contributed by atoms with Crippen LogP contribution in [-0.2, 0) is 14.3 Å². The number of esters is 1. The maximum atomic E-state index is 13.5. The number of nitrogens with zero attached hydrogens (tertiary/aromatic N) is 5. The normalized spacial score (nSPS) is 21.0. The number of guanidine groups is 1. The number of ether oxygens (including phenoxy) is 2. The van der Waals surface area contributed by atoms with Crippen LogP contribution in [0.3, 0.4) is 0 Å². The van der Waals surface area contributed by atoms with Crippen LogP contribution < -0.4 is 9.64 Å². The molecule has 35 heavy (non-hydrogen) atoms. The van der Waals surface area contributed by atoms with Gasteiger partial charge in [0.15, 0.2) is 12.2 Å². The number of amides is 3. The summed E-state index contributed by atoms with van der Waals surface area (Å²) >= 11 is 0. The number of fused-ring (bicyclic) bond motifs is 3. The first-order valence-corrected chi connectivity index (χ1v) is 11.3. The molecule has 3 aliphatic heterocycles. The summed E-state index contributed by atoms with van der Waals surface area (Å²) in [5.74, 6) is 0.0487. The number of hydrogen-bond donors (Lipinski definition) is 0. The maximum Gasteiger partial charge on any atom is 0.328 e. The van der Waals surface area contributed by atoms with Crippen molar-refractivity contribution in [1.82, 2.24) is 14.7 Å². The molecule has 1 fully saturated rings. The molecule has 180 valence electrons. The van der Waals surface area contributed by atoms with Crippen LogP contribution >= 0.6 is 0 Å². The minimum Gasteiger partial charge on any atom is -0.497 e. The van der Waals surface area contributed by atoms with E-state index < -0.39 is 36.7 Å². The molecule has 0 N–H and O–H groups in total. The number of methoxy groups -OCH3 is 1. The van der Waals surface area contributed by atoms with Crippen molar-refractivity contribution in [2.75, 3.05) is 32.2 Å². The molecule has 0 bridgehead atoms. The van der Waals surface area contributed by atoms with Gasteiger partial charge in [0.2, 0.25) is 5.96 Å². The fraction of sp³-hybridized carbons (Fsp3) is 0.280. The summed E-state index contributed by atoms with van der Waals surface area (Å²) in [6.45, 7) is 1.39. The highest BCUT2D eigenvalue weighted by Gasteiger charge is 2.55. The zero-order valence-electron chi connectivity index (χ0n) is 19.6. The van der Waals surface area contributed by atoms with Crippen LogP contribution in [0.4, 0.5) is 10.5 Å². The minimum atomic E-state index is -0.809. The van der Waals surface area contributed by atoms with E-state index in [1.807, 2.05) is 65.7 Å². The van der Waals surface area contributed by atoms with E-state index in [0.717, 1.165) is 21.8 Å². The van der Waals surface area contributed by atoms with Gasteiger partial charge in [-0.1, -0.05) is 36.4 Å². The van der Waals surface area contributed by atoms with Gasteiger partial charge in [-0.15, -0.1) is 0 Å². The van der Waals surface area contributed by atoms with Gasteiger partial charge in [0.25, 0.3) is 5.91 Å². The lowest BCUT2D eigenvalue weighted by Gasteiger charge is -2.39. The molecule has 3 amide bonds.